The Morgan fingerprint density at radius 2 is 1.03 bits per heavy atom. The van der Waals surface area contributed by atoms with Gasteiger partial charge in [0.1, 0.15) is 11.2 Å². The second-order valence-corrected chi connectivity index (χ2v) is 10.1. The van der Waals surface area contributed by atoms with Crippen LogP contribution >= 0.6 is 0 Å². The number of alkyl carbamates (subject to hydrolysis) is 2. The van der Waals surface area contributed by atoms with Crippen molar-refractivity contribution in [3.05, 3.63) is 0 Å². The molecule has 0 spiro atoms. The quantitative estimate of drug-likeness (QED) is 0.143. The summed E-state index contributed by atoms with van der Waals surface area (Å²) in [5.74, 6) is -1.71. The third-order valence-corrected chi connectivity index (χ3v) is 4.25. The molecule has 4 N–H and O–H groups in total. The molecule has 0 bridgehead atoms. The molecule has 0 heterocycles. The van der Waals surface area contributed by atoms with Crippen LogP contribution in [0.15, 0.2) is 0 Å². The third kappa shape index (κ3) is 17.7. The first-order valence-electron chi connectivity index (χ1n) is 12.2. The van der Waals surface area contributed by atoms with Crippen LogP contribution in [0.1, 0.15) is 54.4 Å². The molecule has 13 nitrogen and oxygen atoms in total. The molecule has 0 aliphatic carbocycles. The predicted octanol–water partition coefficient (Wildman–Crippen LogP) is 0.727. The zero-order valence-electron chi connectivity index (χ0n) is 22.8. The lowest BCUT2D eigenvalue weighted by Gasteiger charge is -2.26. The molecule has 0 radical (unpaired) electrons. The van der Waals surface area contributed by atoms with Crippen LogP contribution in [0, 0.1) is 0 Å². The van der Waals surface area contributed by atoms with Gasteiger partial charge in [-0.15, -0.1) is 0 Å². The highest BCUT2D eigenvalue weighted by atomic mass is 16.6. The molecule has 0 saturated heterocycles. The number of hydrogen-bond donors (Lipinski definition) is 4. The number of rotatable bonds is 18. The van der Waals surface area contributed by atoms with Crippen molar-refractivity contribution in [3.8, 4) is 0 Å². The van der Waals surface area contributed by atoms with Gasteiger partial charge in [0.25, 0.3) is 0 Å². The number of carbonyl (C=O) groups is 4. The van der Waals surface area contributed by atoms with Gasteiger partial charge in [0.15, 0.2) is 11.6 Å². The molecule has 0 aliphatic heterocycles. The van der Waals surface area contributed by atoms with Gasteiger partial charge in [-0.1, -0.05) is 0 Å². The van der Waals surface area contributed by atoms with E-state index >= 15 is 0 Å². The second kappa shape index (κ2) is 17.2. The molecule has 0 aliphatic rings. The summed E-state index contributed by atoms with van der Waals surface area (Å²) in [5, 5.41) is 24.4. The minimum atomic E-state index is -2.49. The Hall–Kier alpha value is -2.32. The Morgan fingerprint density at radius 1 is 0.649 bits per heavy atom. The summed E-state index contributed by atoms with van der Waals surface area (Å²) in [7, 11) is 0. The van der Waals surface area contributed by atoms with Gasteiger partial charge in [-0.25, -0.2) is 9.59 Å². The normalized spacial score (nSPS) is 12.1. The summed E-state index contributed by atoms with van der Waals surface area (Å²) in [6.07, 6.45) is -2.20. The van der Waals surface area contributed by atoms with Crippen LogP contribution in [0.5, 0.6) is 0 Å². The summed E-state index contributed by atoms with van der Waals surface area (Å²) in [5.41, 5.74) is -3.95. The van der Waals surface area contributed by atoms with Crippen LogP contribution in [0.3, 0.4) is 0 Å². The van der Waals surface area contributed by atoms with E-state index in [1.807, 2.05) is 0 Å². The first-order chi connectivity index (χ1) is 17.1. The van der Waals surface area contributed by atoms with Gasteiger partial charge in [-0.3, -0.25) is 9.59 Å². The molecule has 37 heavy (non-hydrogen) atoms. The second-order valence-electron chi connectivity index (χ2n) is 10.1. The number of ether oxygens (including phenoxy) is 5. The van der Waals surface area contributed by atoms with Crippen LogP contribution in [0.25, 0.3) is 0 Å². The zero-order chi connectivity index (χ0) is 28.5. The molecule has 0 rings (SSSR count). The van der Waals surface area contributed by atoms with E-state index in [1.165, 1.54) is 0 Å². The number of Topliss-reactive ketones (excluding diaryl/α,β-unsaturated/α-hetero) is 2. The van der Waals surface area contributed by atoms with Gasteiger partial charge in [-0.05, 0) is 41.5 Å². The zero-order valence-corrected chi connectivity index (χ0v) is 22.8. The van der Waals surface area contributed by atoms with Crippen molar-refractivity contribution < 1.29 is 53.1 Å². The Morgan fingerprint density at radius 3 is 1.41 bits per heavy atom. The van der Waals surface area contributed by atoms with E-state index in [9.17, 15) is 24.3 Å². The summed E-state index contributed by atoms with van der Waals surface area (Å²) in [6, 6.07) is 0. The van der Waals surface area contributed by atoms with Crippen molar-refractivity contribution in [1.29, 1.82) is 0 Å². The third-order valence-electron chi connectivity index (χ3n) is 4.25. The van der Waals surface area contributed by atoms with E-state index in [-0.39, 0.29) is 65.6 Å². The number of aliphatic hydroxyl groups excluding tert-OH is 1. The Kier molecular flexibility index (Phi) is 16.2. The van der Waals surface area contributed by atoms with E-state index < -0.39 is 47.2 Å². The van der Waals surface area contributed by atoms with E-state index in [0.717, 1.165) is 0 Å². The number of aliphatic hydroxyl groups is 2. The fourth-order valence-electron chi connectivity index (χ4n) is 2.64. The van der Waals surface area contributed by atoms with Crippen molar-refractivity contribution in [1.82, 2.24) is 10.6 Å². The number of hydrogen-bond acceptors (Lipinski definition) is 11. The highest BCUT2D eigenvalue weighted by Crippen LogP contribution is 2.15. The van der Waals surface area contributed by atoms with Crippen LogP contribution < -0.4 is 10.6 Å². The molecule has 0 aromatic rings. The minimum Gasteiger partial charge on any atom is -0.444 e. The SMILES string of the molecule is CC(C)(C)OC(=O)NCCC(=O)C(O)(COCCOCCOCCO)C(=O)CCNC(=O)OC(C)(C)C. The van der Waals surface area contributed by atoms with Gasteiger partial charge >= 0.3 is 12.2 Å². The van der Waals surface area contributed by atoms with Gasteiger partial charge in [-0.2, -0.15) is 0 Å². The molecule has 0 aromatic heterocycles. The fourth-order valence-corrected chi connectivity index (χ4v) is 2.64. The van der Waals surface area contributed by atoms with E-state index in [1.54, 1.807) is 41.5 Å². The summed E-state index contributed by atoms with van der Waals surface area (Å²) < 4.78 is 25.8. The molecule has 0 unspecified atom stereocenters. The average Bonchev–Trinajstić information content (AvgIpc) is 2.75. The predicted molar refractivity (Wildman–Crippen MR) is 132 cm³/mol. The van der Waals surface area contributed by atoms with Gasteiger partial charge in [0.05, 0.1) is 46.2 Å². The first-order valence-corrected chi connectivity index (χ1v) is 12.2. The number of carbonyl (C=O) groups excluding carboxylic acids is 4. The summed E-state index contributed by atoms with van der Waals surface area (Å²) in [4.78, 5) is 49.2. The highest BCUT2D eigenvalue weighted by molar-refractivity contribution is 6.10. The van der Waals surface area contributed by atoms with Crippen LogP contribution in [-0.2, 0) is 33.3 Å². The lowest BCUT2D eigenvalue weighted by atomic mass is 9.90. The van der Waals surface area contributed by atoms with E-state index in [4.69, 9.17) is 28.8 Å². The molecule has 216 valence electrons. The standard InChI is InChI=1S/C24H44N2O11/c1-22(2,3)36-20(30)25-9-7-18(28)24(32,17-35-16-15-34-14-13-33-12-11-27)19(29)8-10-26-21(31)37-23(4,5)6/h27,32H,7-17H2,1-6H3,(H,25,30)(H,26,31). The Balaban J connectivity index is 4.88. The molecular formula is C24H44N2O11. The lowest BCUT2D eigenvalue weighted by molar-refractivity contribution is -0.158. The van der Waals surface area contributed by atoms with Crippen molar-refractivity contribution in [2.24, 2.45) is 0 Å². The van der Waals surface area contributed by atoms with Crippen LogP contribution in [-0.4, -0.2) is 110 Å². The maximum atomic E-state index is 12.8. The van der Waals surface area contributed by atoms with E-state index in [2.05, 4.69) is 10.6 Å². The number of amides is 2. The van der Waals surface area contributed by atoms with E-state index in [0.29, 0.717) is 0 Å². The smallest absolute Gasteiger partial charge is 0.407 e. The molecule has 0 aromatic carbocycles. The maximum absolute atomic E-state index is 12.8. The average molecular weight is 537 g/mol. The number of nitrogens with one attached hydrogen (secondary N) is 2. The fraction of sp³-hybridized carbons (Fsp3) is 0.833. The molecule has 13 heteroatoms. The molecule has 0 fully saturated rings. The molecule has 0 atom stereocenters. The van der Waals surface area contributed by atoms with Gasteiger partial charge in [0, 0.05) is 25.9 Å². The van der Waals surface area contributed by atoms with Gasteiger partial charge in [0.2, 0.25) is 5.60 Å². The van der Waals surface area contributed by atoms with Crippen LogP contribution in [0.4, 0.5) is 9.59 Å². The van der Waals surface area contributed by atoms with Gasteiger partial charge < -0.3 is 44.5 Å². The maximum Gasteiger partial charge on any atom is 0.407 e. The van der Waals surface area contributed by atoms with Crippen molar-refractivity contribution in [2.75, 3.05) is 59.3 Å². The Labute approximate surface area is 218 Å². The van der Waals surface area contributed by atoms with Crippen molar-refractivity contribution in [3.63, 3.8) is 0 Å². The van der Waals surface area contributed by atoms with Crippen LogP contribution in [0.2, 0.25) is 0 Å². The largest absolute Gasteiger partial charge is 0.444 e. The monoisotopic (exact) mass is 536 g/mol. The number of ketones is 2. The van der Waals surface area contributed by atoms with Crippen molar-refractivity contribution >= 4 is 23.8 Å². The first kappa shape index (κ1) is 34.7. The topological polar surface area (TPSA) is 179 Å². The Bertz CT molecular complexity index is 668. The molecule has 2 amide bonds. The summed E-state index contributed by atoms with van der Waals surface area (Å²) in [6.45, 7) is 9.85. The highest BCUT2D eigenvalue weighted by Gasteiger charge is 2.42. The molecule has 0 saturated carbocycles. The lowest BCUT2D eigenvalue weighted by Crippen LogP contribution is -2.52. The summed E-state index contributed by atoms with van der Waals surface area (Å²) >= 11 is 0. The van der Waals surface area contributed by atoms with Crippen molar-refractivity contribution in [2.45, 2.75) is 71.2 Å². The molecular weight excluding hydrogens is 492 g/mol. The minimum absolute atomic E-state index is 0.0187.